The van der Waals surface area contributed by atoms with Crippen LogP contribution in [0.4, 0.5) is 4.79 Å². The zero-order valence-corrected chi connectivity index (χ0v) is 21.0. The molecule has 0 spiro atoms. The average molecular weight is 486 g/mol. The molecule has 0 atom stereocenters. The van der Waals surface area contributed by atoms with E-state index in [1.54, 1.807) is 4.90 Å². The normalized spacial score (nSPS) is 16.2. The number of fused-ring (bicyclic) bond motifs is 1. The zero-order chi connectivity index (χ0) is 24.9. The van der Waals surface area contributed by atoms with E-state index in [0.717, 1.165) is 31.4 Å². The summed E-state index contributed by atoms with van der Waals surface area (Å²) >= 11 is 0. The topological polar surface area (TPSA) is 63.6 Å². The van der Waals surface area contributed by atoms with E-state index < -0.39 is 0 Å². The van der Waals surface area contributed by atoms with Crippen molar-refractivity contribution in [2.45, 2.75) is 57.9 Å². The number of aromatic nitrogens is 1. The van der Waals surface area contributed by atoms with E-state index in [1.165, 1.54) is 41.8 Å². The third-order valence-electron chi connectivity index (χ3n) is 7.37. The number of ether oxygens (including phenoxy) is 1. The molecule has 1 fully saturated rings. The van der Waals surface area contributed by atoms with Gasteiger partial charge in [0.05, 0.1) is 12.3 Å². The van der Waals surface area contributed by atoms with Crippen molar-refractivity contribution in [3.63, 3.8) is 0 Å². The number of benzene rings is 2. The molecular weight excluding hydrogens is 450 g/mol. The molecule has 188 valence electrons. The number of piperidine rings is 1. The standard InChI is InChI=1S/C30H35N3O3/c1-2-36-30(35)32-19-17-25(18-20-32)31-29(34)23-13-15-26(16-14-23)33-27-12-8-4-7-11-24(27)21-28(33)22-9-5-3-6-10-22/h3,5-6,9-10,13-16,21,25H,2,4,7-8,11-12,17-20H2,1H3,(H,31,34). The van der Waals surface area contributed by atoms with E-state index >= 15 is 0 Å². The van der Waals surface area contributed by atoms with E-state index in [1.807, 2.05) is 19.1 Å². The number of likely N-dealkylation sites (tertiary alicyclic amines) is 1. The zero-order valence-electron chi connectivity index (χ0n) is 21.0. The fourth-order valence-corrected chi connectivity index (χ4v) is 5.44. The number of rotatable bonds is 5. The molecule has 6 heteroatoms. The van der Waals surface area contributed by atoms with Gasteiger partial charge in [0.2, 0.25) is 0 Å². The molecule has 5 rings (SSSR count). The Morgan fingerprint density at radius 3 is 2.39 bits per heavy atom. The number of carbonyl (C=O) groups excluding carboxylic acids is 2. The first kappa shape index (κ1) is 24.2. The Morgan fingerprint density at radius 1 is 0.944 bits per heavy atom. The summed E-state index contributed by atoms with van der Waals surface area (Å²) in [5, 5.41) is 3.15. The van der Waals surface area contributed by atoms with Gasteiger partial charge in [-0.05, 0) is 86.9 Å². The molecule has 0 radical (unpaired) electrons. The second kappa shape index (κ2) is 11.0. The number of nitrogens with one attached hydrogen (secondary N) is 1. The Labute approximate surface area is 213 Å². The fourth-order valence-electron chi connectivity index (χ4n) is 5.44. The van der Waals surface area contributed by atoms with Gasteiger partial charge in [-0.2, -0.15) is 0 Å². The van der Waals surface area contributed by atoms with E-state index in [4.69, 9.17) is 4.74 Å². The van der Waals surface area contributed by atoms with Crippen LogP contribution in [0.2, 0.25) is 0 Å². The molecule has 2 aliphatic rings. The van der Waals surface area contributed by atoms with Crippen molar-refractivity contribution in [2.24, 2.45) is 0 Å². The molecule has 2 aromatic carbocycles. The third-order valence-corrected chi connectivity index (χ3v) is 7.37. The highest BCUT2D eigenvalue weighted by molar-refractivity contribution is 5.94. The van der Waals surface area contributed by atoms with Gasteiger partial charge in [-0.15, -0.1) is 0 Å². The van der Waals surface area contributed by atoms with Gasteiger partial charge >= 0.3 is 6.09 Å². The molecule has 6 nitrogen and oxygen atoms in total. The molecule has 2 amide bonds. The second-order valence-corrected chi connectivity index (χ2v) is 9.74. The maximum absolute atomic E-state index is 13.0. The van der Waals surface area contributed by atoms with Crippen LogP contribution >= 0.6 is 0 Å². The predicted octanol–water partition coefficient (Wildman–Crippen LogP) is 5.76. The van der Waals surface area contributed by atoms with Crippen LogP contribution in [0.5, 0.6) is 0 Å². The lowest BCUT2D eigenvalue weighted by Gasteiger charge is -2.31. The summed E-state index contributed by atoms with van der Waals surface area (Å²) in [6.45, 7) is 3.39. The van der Waals surface area contributed by atoms with Crippen LogP contribution < -0.4 is 5.32 Å². The molecule has 0 saturated carbocycles. The molecule has 2 heterocycles. The van der Waals surface area contributed by atoms with Crippen LogP contribution in [0.1, 0.15) is 60.6 Å². The molecule has 3 aromatic rings. The summed E-state index contributed by atoms with van der Waals surface area (Å²) in [5.74, 6) is -0.0641. The lowest BCUT2D eigenvalue weighted by atomic mass is 10.0. The van der Waals surface area contributed by atoms with Gasteiger partial charge in [-0.25, -0.2) is 4.79 Å². The van der Waals surface area contributed by atoms with Crippen LogP contribution in [-0.2, 0) is 17.6 Å². The summed E-state index contributed by atoms with van der Waals surface area (Å²) < 4.78 is 7.48. The van der Waals surface area contributed by atoms with E-state index in [9.17, 15) is 9.59 Å². The first-order valence-electron chi connectivity index (χ1n) is 13.3. The molecule has 36 heavy (non-hydrogen) atoms. The first-order chi connectivity index (χ1) is 17.6. The smallest absolute Gasteiger partial charge is 0.409 e. The molecule has 0 bridgehead atoms. The highest BCUT2D eigenvalue weighted by atomic mass is 16.6. The molecule has 1 aliphatic carbocycles. The number of aryl methyl sites for hydroxylation is 1. The van der Waals surface area contributed by atoms with Crippen molar-refractivity contribution >= 4 is 12.0 Å². The number of hydrogen-bond donors (Lipinski definition) is 1. The molecule has 0 unspecified atom stereocenters. The van der Waals surface area contributed by atoms with Crippen LogP contribution in [0.25, 0.3) is 16.9 Å². The molecule has 1 saturated heterocycles. The monoisotopic (exact) mass is 485 g/mol. The number of nitrogens with zero attached hydrogens (tertiary/aromatic N) is 2. The minimum atomic E-state index is -0.268. The van der Waals surface area contributed by atoms with Gasteiger partial charge in [-0.3, -0.25) is 4.79 Å². The Morgan fingerprint density at radius 2 is 1.67 bits per heavy atom. The first-order valence-corrected chi connectivity index (χ1v) is 13.3. The van der Waals surface area contributed by atoms with Crippen LogP contribution in [0, 0.1) is 0 Å². The minimum Gasteiger partial charge on any atom is -0.450 e. The van der Waals surface area contributed by atoms with Gasteiger partial charge in [0.1, 0.15) is 0 Å². The Balaban J connectivity index is 1.32. The van der Waals surface area contributed by atoms with Gasteiger partial charge in [0.15, 0.2) is 0 Å². The number of hydrogen-bond acceptors (Lipinski definition) is 3. The van der Waals surface area contributed by atoms with Crippen LogP contribution in [0.15, 0.2) is 60.7 Å². The summed E-state index contributed by atoms with van der Waals surface area (Å²) in [7, 11) is 0. The Hall–Kier alpha value is -3.54. The van der Waals surface area contributed by atoms with Crippen molar-refractivity contribution in [2.75, 3.05) is 19.7 Å². The lowest BCUT2D eigenvalue weighted by Crippen LogP contribution is -2.46. The SMILES string of the molecule is CCOC(=O)N1CCC(NC(=O)c2ccc(-n3c(-c4ccccc4)cc4c3CCCCC4)cc2)CC1. The van der Waals surface area contributed by atoms with Crippen molar-refractivity contribution in [1.82, 2.24) is 14.8 Å². The van der Waals surface area contributed by atoms with Crippen molar-refractivity contribution in [1.29, 1.82) is 0 Å². The summed E-state index contributed by atoms with van der Waals surface area (Å²) in [4.78, 5) is 26.6. The van der Waals surface area contributed by atoms with E-state index in [-0.39, 0.29) is 18.0 Å². The third kappa shape index (κ3) is 5.18. The van der Waals surface area contributed by atoms with E-state index in [2.05, 4.69) is 58.4 Å². The largest absolute Gasteiger partial charge is 0.450 e. The predicted molar refractivity (Wildman–Crippen MR) is 142 cm³/mol. The fraction of sp³-hybridized carbons (Fsp3) is 0.400. The quantitative estimate of drug-likeness (QED) is 0.467. The Bertz CT molecular complexity index is 1190. The highest BCUT2D eigenvalue weighted by Gasteiger charge is 2.25. The van der Waals surface area contributed by atoms with Crippen LogP contribution in [-0.4, -0.2) is 47.2 Å². The summed E-state index contributed by atoms with van der Waals surface area (Å²) in [5.41, 5.74) is 7.02. The van der Waals surface area contributed by atoms with Crippen LogP contribution in [0.3, 0.4) is 0 Å². The molecular formula is C30H35N3O3. The summed E-state index contributed by atoms with van der Waals surface area (Å²) in [6.07, 6.45) is 7.12. The maximum Gasteiger partial charge on any atom is 0.409 e. The van der Waals surface area contributed by atoms with Crippen molar-refractivity contribution in [3.05, 3.63) is 77.5 Å². The van der Waals surface area contributed by atoms with Crippen molar-refractivity contribution in [3.8, 4) is 16.9 Å². The molecule has 1 N–H and O–H groups in total. The number of carbonyl (C=O) groups is 2. The summed E-state index contributed by atoms with van der Waals surface area (Å²) in [6, 6.07) is 21.0. The van der Waals surface area contributed by atoms with E-state index in [0.29, 0.717) is 25.3 Å². The second-order valence-electron chi connectivity index (χ2n) is 9.74. The maximum atomic E-state index is 13.0. The van der Waals surface area contributed by atoms with Gasteiger partial charge in [-0.1, -0.05) is 36.8 Å². The average Bonchev–Trinajstić information content (AvgIpc) is 3.12. The van der Waals surface area contributed by atoms with Gasteiger partial charge in [0.25, 0.3) is 5.91 Å². The van der Waals surface area contributed by atoms with Gasteiger partial charge in [0, 0.05) is 36.1 Å². The molecule has 1 aromatic heterocycles. The molecule has 1 aliphatic heterocycles. The van der Waals surface area contributed by atoms with Crippen molar-refractivity contribution < 1.29 is 14.3 Å². The Kier molecular flexibility index (Phi) is 7.40. The highest BCUT2D eigenvalue weighted by Crippen LogP contribution is 2.33. The van der Waals surface area contributed by atoms with Gasteiger partial charge < -0.3 is 19.5 Å². The minimum absolute atomic E-state index is 0.0627. The lowest BCUT2D eigenvalue weighted by molar-refractivity contribution is 0.0860. The number of amides is 2.